The van der Waals surface area contributed by atoms with Gasteiger partial charge in [-0.25, -0.2) is 4.39 Å². The molecule has 0 aliphatic carbocycles. The summed E-state index contributed by atoms with van der Waals surface area (Å²) in [6.07, 6.45) is -0.512. The van der Waals surface area contributed by atoms with Gasteiger partial charge in [-0.05, 0) is 42.3 Å². The van der Waals surface area contributed by atoms with E-state index < -0.39 is 6.10 Å². The maximum atomic E-state index is 13.7. The van der Waals surface area contributed by atoms with Crippen molar-refractivity contribution in [3.63, 3.8) is 0 Å². The highest BCUT2D eigenvalue weighted by molar-refractivity contribution is 7.98. The molecule has 0 radical (unpaired) electrons. The van der Waals surface area contributed by atoms with Crippen molar-refractivity contribution in [3.8, 4) is 6.07 Å². The van der Waals surface area contributed by atoms with E-state index in [4.69, 9.17) is 5.26 Å². The van der Waals surface area contributed by atoms with Crippen LogP contribution in [0.4, 0.5) is 4.39 Å². The van der Waals surface area contributed by atoms with E-state index in [1.165, 1.54) is 17.8 Å². The summed E-state index contributed by atoms with van der Waals surface area (Å²) in [5.41, 5.74) is 1.74. The molecule has 2 aromatic rings. The standard InChI is InChI=1S/C16H14FNOS/c1-11(19)13-3-2-4-15(8-13)20-10-14-6-5-12(9-18)7-16(14)17/h2-8,11,19H,10H2,1H3. The summed E-state index contributed by atoms with van der Waals surface area (Å²) in [5.74, 6) is 0.129. The van der Waals surface area contributed by atoms with Crippen molar-refractivity contribution in [1.82, 2.24) is 0 Å². The summed E-state index contributed by atoms with van der Waals surface area (Å²) in [6.45, 7) is 1.71. The quantitative estimate of drug-likeness (QED) is 0.863. The third-order valence-electron chi connectivity index (χ3n) is 2.92. The molecule has 0 bridgehead atoms. The van der Waals surface area contributed by atoms with E-state index in [1.807, 2.05) is 30.3 Å². The van der Waals surface area contributed by atoms with Crippen molar-refractivity contribution in [2.45, 2.75) is 23.7 Å². The van der Waals surface area contributed by atoms with Crippen molar-refractivity contribution in [2.75, 3.05) is 0 Å². The molecule has 0 heterocycles. The monoisotopic (exact) mass is 287 g/mol. The van der Waals surface area contributed by atoms with Gasteiger partial charge in [-0.15, -0.1) is 11.8 Å². The number of hydrogen-bond acceptors (Lipinski definition) is 3. The van der Waals surface area contributed by atoms with E-state index in [-0.39, 0.29) is 5.82 Å². The van der Waals surface area contributed by atoms with Gasteiger partial charge >= 0.3 is 0 Å². The van der Waals surface area contributed by atoms with Crippen LogP contribution in [-0.4, -0.2) is 5.11 Å². The number of nitrogens with zero attached hydrogens (tertiary/aromatic N) is 1. The van der Waals surface area contributed by atoms with Gasteiger partial charge in [0.2, 0.25) is 0 Å². The molecule has 102 valence electrons. The second-order valence-corrected chi connectivity index (χ2v) is 5.50. The second-order valence-electron chi connectivity index (χ2n) is 4.46. The number of rotatable bonds is 4. The lowest BCUT2D eigenvalue weighted by molar-refractivity contribution is 0.199. The molecule has 0 aliphatic rings. The van der Waals surface area contributed by atoms with Crippen molar-refractivity contribution in [2.24, 2.45) is 0 Å². The molecule has 0 aromatic heterocycles. The predicted molar refractivity (Wildman–Crippen MR) is 77.8 cm³/mol. The molecule has 0 fully saturated rings. The van der Waals surface area contributed by atoms with Crippen LogP contribution in [0.3, 0.4) is 0 Å². The minimum absolute atomic E-state index is 0.326. The first-order valence-electron chi connectivity index (χ1n) is 6.19. The molecule has 20 heavy (non-hydrogen) atoms. The maximum absolute atomic E-state index is 13.7. The van der Waals surface area contributed by atoms with E-state index in [9.17, 15) is 9.50 Å². The molecule has 2 aromatic carbocycles. The molecule has 4 heteroatoms. The fourth-order valence-electron chi connectivity index (χ4n) is 1.76. The Balaban J connectivity index is 2.09. The Labute approximate surface area is 121 Å². The van der Waals surface area contributed by atoms with Crippen LogP contribution in [0.5, 0.6) is 0 Å². The van der Waals surface area contributed by atoms with Crippen LogP contribution in [0.2, 0.25) is 0 Å². The molecule has 1 atom stereocenters. The van der Waals surface area contributed by atoms with Crippen LogP contribution in [0, 0.1) is 17.1 Å². The molecule has 1 N–H and O–H groups in total. The first-order valence-corrected chi connectivity index (χ1v) is 7.18. The molecule has 1 unspecified atom stereocenters. The molecule has 2 rings (SSSR count). The molecule has 2 nitrogen and oxygen atoms in total. The van der Waals surface area contributed by atoms with E-state index >= 15 is 0 Å². The lowest BCUT2D eigenvalue weighted by atomic mass is 10.1. The average molecular weight is 287 g/mol. The summed E-state index contributed by atoms with van der Waals surface area (Å²) in [5, 5.41) is 18.2. The van der Waals surface area contributed by atoms with Crippen LogP contribution < -0.4 is 0 Å². The Bertz CT molecular complexity index is 649. The highest BCUT2D eigenvalue weighted by atomic mass is 32.2. The predicted octanol–water partition coefficient (Wildman–Crippen LogP) is 4.04. The lowest BCUT2D eigenvalue weighted by Crippen LogP contribution is -1.91. The van der Waals surface area contributed by atoms with Gasteiger partial charge in [0.25, 0.3) is 0 Å². The van der Waals surface area contributed by atoms with Gasteiger partial charge in [0.05, 0.1) is 17.7 Å². The normalized spacial score (nSPS) is 11.9. The van der Waals surface area contributed by atoms with Crippen LogP contribution in [-0.2, 0) is 5.75 Å². The average Bonchev–Trinajstić information content (AvgIpc) is 2.46. The summed E-state index contributed by atoms with van der Waals surface area (Å²) in [7, 11) is 0. The first-order chi connectivity index (χ1) is 9.60. The number of aliphatic hydroxyl groups excluding tert-OH is 1. The highest BCUT2D eigenvalue weighted by Crippen LogP contribution is 2.26. The summed E-state index contributed by atoms with van der Waals surface area (Å²) >= 11 is 1.50. The largest absolute Gasteiger partial charge is 0.389 e. The summed E-state index contributed by atoms with van der Waals surface area (Å²) in [4.78, 5) is 0.979. The van der Waals surface area contributed by atoms with Crippen molar-refractivity contribution < 1.29 is 9.50 Å². The van der Waals surface area contributed by atoms with Gasteiger partial charge in [-0.2, -0.15) is 5.26 Å². The fourth-order valence-corrected chi connectivity index (χ4v) is 2.71. The molecule has 0 aliphatic heterocycles. The Morgan fingerprint density at radius 1 is 1.30 bits per heavy atom. The first kappa shape index (κ1) is 14.6. The van der Waals surface area contributed by atoms with Crippen LogP contribution in [0.1, 0.15) is 29.7 Å². The molecule has 0 amide bonds. The van der Waals surface area contributed by atoms with Crippen molar-refractivity contribution in [3.05, 3.63) is 65.0 Å². The lowest BCUT2D eigenvalue weighted by Gasteiger charge is -2.08. The third-order valence-corrected chi connectivity index (χ3v) is 3.96. The third kappa shape index (κ3) is 3.60. The molecule has 0 saturated carbocycles. The molecule has 0 saturated heterocycles. The van der Waals surface area contributed by atoms with Gasteiger partial charge in [-0.1, -0.05) is 18.2 Å². The number of thioether (sulfide) groups is 1. The Hall–Kier alpha value is -1.83. The smallest absolute Gasteiger partial charge is 0.128 e. The van der Waals surface area contributed by atoms with Gasteiger partial charge in [0, 0.05) is 10.6 Å². The SMILES string of the molecule is CC(O)c1cccc(SCc2ccc(C#N)cc2F)c1. The number of nitriles is 1. The van der Waals surface area contributed by atoms with Gasteiger partial charge in [0.1, 0.15) is 5.82 Å². The summed E-state index contributed by atoms with van der Waals surface area (Å²) < 4.78 is 13.7. The Kier molecular flexibility index (Phi) is 4.78. The van der Waals surface area contributed by atoms with E-state index in [1.54, 1.807) is 19.1 Å². The zero-order chi connectivity index (χ0) is 14.5. The maximum Gasteiger partial charge on any atom is 0.128 e. The van der Waals surface area contributed by atoms with E-state index in [0.717, 1.165) is 10.5 Å². The Morgan fingerprint density at radius 2 is 2.10 bits per heavy atom. The fraction of sp³-hybridized carbons (Fsp3) is 0.188. The Morgan fingerprint density at radius 3 is 2.75 bits per heavy atom. The topological polar surface area (TPSA) is 44.0 Å². The minimum atomic E-state index is -0.512. The van der Waals surface area contributed by atoms with Gasteiger partial charge < -0.3 is 5.11 Å². The van der Waals surface area contributed by atoms with Crippen LogP contribution in [0.15, 0.2) is 47.4 Å². The number of hydrogen-bond donors (Lipinski definition) is 1. The van der Waals surface area contributed by atoms with E-state index in [0.29, 0.717) is 16.9 Å². The van der Waals surface area contributed by atoms with Crippen LogP contribution in [0.25, 0.3) is 0 Å². The highest BCUT2D eigenvalue weighted by Gasteiger charge is 2.06. The molecular formula is C16H14FNOS. The van der Waals surface area contributed by atoms with Crippen LogP contribution >= 0.6 is 11.8 Å². The molecular weight excluding hydrogens is 273 g/mol. The zero-order valence-electron chi connectivity index (χ0n) is 11.0. The van der Waals surface area contributed by atoms with Gasteiger partial charge in [0.15, 0.2) is 0 Å². The van der Waals surface area contributed by atoms with Crippen molar-refractivity contribution >= 4 is 11.8 Å². The number of halogens is 1. The minimum Gasteiger partial charge on any atom is -0.389 e. The second kappa shape index (κ2) is 6.56. The number of benzene rings is 2. The zero-order valence-corrected chi connectivity index (χ0v) is 11.8. The van der Waals surface area contributed by atoms with Crippen molar-refractivity contribution in [1.29, 1.82) is 5.26 Å². The van der Waals surface area contributed by atoms with E-state index in [2.05, 4.69) is 0 Å². The van der Waals surface area contributed by atoms with Gasteiger partial charge in [-0.3, -0.25) is 0 Å². The summed E-state index contributed by atoms with van der Waals surface area (Å²) in [6, 6.07) is 14.0. The number of aliphatic hydroxyl groups is 1. The molecule has 0 spiro atoms.